The highest BCUT2D eigenvalue weighted by molar-refractivity contribution is 5.12. The van der Waals surface area contributed by atoms with Gasteiger partial charge in [0.1, 0.15) is 0 Å². The van der Waals surface area contributed by atoms with Crippen molar-refractivity contribution in [1.29, 1.82) is 0 Å². The van der Waals surface area contributed by atoms with Gasteiger partial charge < -0.3 is 10.2 Å². The van der Waals surface area contributed by atoms with Crippen LogP contribution in [-0.2, 0) is 0 Å². The van der Waals surface area contributed by atoms with Crippen molar-refractivity contribution in [3.05, 3.63) is 0 Å². The molecular weight excluding hydrogens is 208 g/mol. The number of hydrogen-bond donors (Lipinski definition) is 1. The Balaban J connectivity index is 1.68. The van der Waals surface area contributed by atoms with Crippen LogP contribution in [0, 0.1) is 16.7 Å². The second-order valence-electron chi connectivity index (χ2n) is 7.31. The van der Waals surface area contributed by atoms with Crippen molar-refractivity contribution < 1.29 is 0 Å². The molecule has 1 saturated carbocycles. The van der Waals surface area contributed by atoms with Crippen LogP contribution in [-0.4, -0.2) is 37.1 Å². The van der Waals surface area contributed by atoms with Gasteiger partial charge in [-0.1, -0.05) is 27.7 Å². The summed E-state index contributed by atoms with van der Waals surface area (Å²) in [6, 6.07) is 0.639. The van der Waals surface area contributed by atoms with E-state index >= 15 is 0 Å². The third-order valence-corrected chi connectivity index (χ3v) is 5.72. The third kappa shape index (κ3) is 2.53. The minimum atomic E-state index is 0.521. The zero-order chi connectivity index (χ0) is 12.7. The molecule has 2 aliphatic rings. The maximum Gasteiger partial charge on any atom is 0.0166 e. The predicted octanol–water partition coefficient (Wildman–Crippen LogP) is 2.74. The molecule has 0 bridgehead atoms. The molecule has 0 aromatic rings. The van der Waals surface area contributed by atoms with E-state index in [1.54, 1.807) is 0 Å². The molecule has 100 valence electrons. The van der Waals surface area contributed by atoms with Crippen LogP contribution < -0.4 is 5.32 Å². The summed E-state index contributed by atoms with van der Waals surface area (Å²) in [5.41, 5.74) is 1.04. The Morgan fingerprint density at radius 1 is 1.12 bits per heavy atom. The summed E-state index contributed by atoms with van der Waals surface area (Å²) in [6.45, 7) is 17.0. The van der Waals surface area contributed by atoms with Gasteiger partial charge in [-0.25, -0.2) is 0 Å². The Morgan fingerprint density at radius 3 is 2.12 bits per heavy atom. The number of likely N-dealkylation sites (tertiary alicyclic amines) is 1. The summed E-state index contributed by atoms with van der Waals surface area (Å²) < 4.78 is 0. The second kappa shape index (κ2) is 4.55. The summed E-state index contributed by atoms with van der Waals surface area (Å²) in [7, 11) is 0. The van der Waals surface area contributed by atoms with Crippen LogP contribution in [0.3, 0.4) is 0 Å². The molecule has 0 radical (unpaired) electrons. The van der Waals surface area contributed by atoms with Gasteiger partial charge in [0.2, 0.25) is 0 Å². The van der Waals surface area contributed by atoms with Crippen molar-refractivity contribution in [2.24, 2.45) is 16.7 Å². The molecule has 1 saturated heterocycles. The van der Waals surface area contributed by atoms with E-state index in [9.17, 15) is 0 Å². The minimum Gasteiger partial charge on any atom is -0.313 e. The number of rotatable bonds is 5. The molecule has 1 atom stereocenters. The van der Waals surface area contributed by atoms with Gasteiger partial charge in [-0.15, -0.1) is 0 Å². The van der Waals surface area contributed by atoms with Crippen molar-refractivity contribution >= 4 is 0 Å². The predicted molar refractivity (Wildman–Crippen MR) is 74.2 cm³/mol. The molecule has 1 unspecified atom stereocenters. The van der Waals surface area contributed by atoms with E-state index in [0.29, 0.717) is 16.9 Å². The lowest BCUT2D eigenvalue weighted by molar-refractivity contribution is 0.294. The molecule has 0 amide bonds. The maximum absolute atomic E-state index is 3.74. The van der Waals surface area contributed by atoms with Crippen molar-refractivity contribution in [3.8, 4) is 0 Å². The Hall–Kier alpha value is -0.0800. The first-order valence-corrected chi connectivity index (χ1v) is 7.31. The third-order valence-electron chi connectivity index (χ3n) is 5.72. The van der Waals surface area contributed by atoms with Gasteiger partial charge in [-0.05, 0) is 56.1 Å². The summed E-state index contributed by atoms with van der Waals surface area (Å²) >= 11 is 0. The van der Waals surface area contributed by atoms with Gasteiger partial charge in [-0.2, -0.15) is 0 Å². The van der Waals surface area contributed by atoms with Crippen molar-refractivity contribution in [2.45, 2.75) is 53.5 Å². The molecule has 0 aromatic heterocycles. The largest absolute Gasteiger partial charge is 0.313 e. The van der Waals surface area contributed by atoms with E-state index in [1.807, 2.05) is 0 Å². The monoisotopic (exact) mass is 238 g/mol. The molecule has 1 aliphatic heterocycles. The molecule has 17 heavy (non-hydrogen) atoms. The lowest BCUT2D eigenvalue weighted by Gasteiger charge is -2.21. The van der Waals surface area contributed by atoms with Crippen LogP contribution in [0.5, 0.6) is 0 Å². The molecule has 0 aromatic carbocycles. The van der Waals surface area contributed by atoms with Crippen molar-refractivity contribution in [2.75, 3.05) is 26.2 Å². The fourth-order valence-electron chi connectivity index (χ4n) is 3.58. The molecule has 2 rings (SSSR count). The van der Waals surface area contributed by atoms with Crippen LogP contribution >= 0.6 is 0 Å². The molecule has 2 heteroatoms. The van der Waals surface area contributed by atoms with E-state index < -0.39 is 0 Å². The molecular formula is C15H30N2. The first kappa shape index (κ1) is 13.4. The lowest BCUT2D eigenvalue weighted by atomic mass is 10.0. The normalized spacial score (nSPS) is 29.5. The second-order valence-corrected chi connectivity index (χ2v) is 7.31. The molecule has 1 N–H and O–H groups in total. The van der Waals surface area contributed by atoms with E-state index in [-0.39, 0.29) is 0 Å². The molecule has 1 aliphatic carbocycles. The average molecular weight is 238 g/mol. The standard InChI is InChI=1S/C15H30N2/c1-12(11-17-8-6-7-9-17)16-10-13-14(2,3)15(13,4)5/h12-13,16H,6-11H2,1-5H3. The zero-order valence-corrected chi connectivity index (χ0v) is 12.3. The SMILES string of the molecule is CC(CN1CCCC1)NCC1C(C)(C)C1(C)C. The van der Waals surface area contributed by atoms with Gasteiger partial charge in [-0.3, -0.25) is 0 Å². The summed E-state index contributed by atoms with van der Waals surface area (Å²) in [6.07, 6.45) is 2.80. The molecule has 1 heterocycles. The van der Waals surface area contributed by atoms with E-state index in [1.165, 1.54) is 39.0 Å². The lowest BCUT2D eigenvalue weighted by Crippen LogP contribution is -2.39. The topological polar surface area (TPSA) is 15.3 Å². The zero-order valence-electron chi connectivity index (χ0n) is 12.3. The number of nitrogens with zero attached hydrogens (tertiary/aromatic N) is 1. The maximum atomic E-state index is 3.74. The van der Waals surface area contributed by atoms with Gasteiger partial charge in [0.25, 0.3) is 0 Å². The summed E-state index contributed by atoms with van der Waals surface area (Å²) in [5, 5.41) is 3.74. The quantitative estimate of drug-likeness (QED) is 0.792. The minimum absolute atomic E-state index is 0.521. The fraction of sp³-hybridized carbons (Fsp3) is 1.00. The van der Waals surface area contributed by atoms with Crippen molar-refractivity contribution in [3.63, 3.8) is 0 Å². The Morgan fingerprint density at radius 2 is 1.65 bits per heavy atom. The molecule has 2 nitrogen and oxygen atoms in total. The number of hydrogen-bond acceptors (Lipinski definition) is 2. The van der Waals surface area contributed by atoms with E-state index in [2.05, 4.69) is 44.8 Å². The highest BCUT2D eigenvalue weighted by Crippen LogP contribution is 2.67. The van der Waals surface area contributed by atoms with Crippen LogP contribution in [0.15, 0.2) is 0 Å². The van der Waals surface area contributed by atoms with Gasteiger partial charge >= 0.3 is 0 Å². The Bertz CT molecular complexity index is 250. The van der Waals surface area contributed by atoms with Crippen LogP contribution in [0.4, 0.5) is 0 Å². The van der Waals surface area contributed by atoms with Crippen molar-refractivity contribution in [1.82, 2.24) is 10.2 Å². The summed E-state index contributed by atoms with van der Waals surface area (Å²) in [4.78, 5) is 2.60. The first-order valence-electron chi connectivity index (χ1n) is 7.31. The fourth-order valence-corrected chi connectivity index (χ4v) is 3.58. The highest BCUT2D eigenvalue weighted by atomic mass is 15.2. The molecule has 0 spiro atoms. The van der Waals surface area contributed by atoms with Gasteiger partial charge in [0, 0.05) is 12.6 Å². The van der Waals surface area contributed by atoms with Gasteiger partial charge in [0.05, 0.1) is 0 Å². The van der Waals surface area contributed by atoms with Gasteiger partial charge in [0.15, 0.2) is 0 Å². The van der Waals surface area contributed by atoms with Crippen LogP contribution in [0.1, 0.15) is 47.5 Å². The number of nitrogens with one attached hydrogen (secondary N) is 1. The first-order chi connectivity index (χ1) is 7.85. The van der Waals surface area contributed by atoms with E-state index in [0.717, 1.165) is 5.92 Å². The Labute approximate surface area is 107 Å². The average Bonchev–Trinajstić information content (AvgIpc) is 2.61. The molecule has 2 fully saturated rings. The summed E-state index contributed by atoms with van der Waals surface area (Å²) in [5.74, 6) is 0.844. The Kier molecular flexibility index (Phi) is 3.57. The van der Waals surface area contributed by atoms with E-state index in [4.69, 9.17) is 0 Å². The van der Waals surface area contributed by atoms with Crippen LogP contribution in [0.2, 0.25) is 0 Å². The smallest absolute Gasteiger partial charge is 0.0166 e. The highest BCUT2D eigenvalue weighted by Gasteiger charge is 2.63. The van der Waals surface area contributed by atoms with Crippen LogP contribution in [0.25, 0.3) is 0 Å².